The lowest BCUT2D eigenvalue weighted by Crippen LogP contribution is -2.37. The first-order valence-corrected chi connectivity index (χ1v) is 6.15. The minimum Gasteiger partial charge on any atom is -0.465 e. The van der Waals surface area contributed by atoms with Crippen LogP contribution in [0.4, 0.5) is 5.69 Å². The van der Waals surface area contributed by atoms with Crippen LogP contribution in [0, 0.1) is 10.1 Å². The van der Waals surface area contributed by atoms with Gasteiger partial charge >= 0.3 is 17.9 Å². The molecule has 2 atom stereocenters. The summed E-state index contributed by atoms with van der Waals surface area (Å²) in [5.41, 5.74) is 0.663. The van der Waals surface area contributed by atoms with E-state index in [0.717, 1.165) is 0 Å². The van der Waals surface area contributed by atoms with E-state index in [0.29, 0.717) is 5.69 Å². The molecule has 1 saturated heterocycles. The Bertz CT molecular complexity index is 588. The van der Waals surface area contributed by atoms with E-state index in [4.69, 9.17) is 4.74 Å². The molecule has 8 nitrogen and oxygen atoms in total. The summed E-state index contributed by atoms with van der Waals surface area (Å²) < 4.78 is 9.62. The van der Waals surface area contributed by atoms with Crippen molar-refractivity contribution in [1.82, 2.24) is 0 Å². The molecule has 1 aromatic rings. The maximum absolute atomic E-state index is 12.2. The summed E-state index contributed by atoms with van der Waals surface area (Å²) in [6.07, 6.45) is -0.825. The Morgan fingerprint density at radius 1 is 1.43 bits per heavy atom. The quantitative estimate of drug-likeness (QED) is 0.455. The predicted octanol–water partition coefficient (Wildman–Crippen LogP) is 0.480. The van der Waals surface area contributed by atoms with E-state index in [1.165, 1.54) is 31.3 Å². The lowest BCUT2D eigenvalue weighted by Gasteiger charge is -2.15. The number of benzene rings is 1. The molecule has 2 rings (SSSR count). The Morgan fingerprint density at radius 2 is 2.14 bits per heavy atom. The maximum atomic E-state index is 12.2. The first-order chi connectivity index (χ1) is 9.99. The van der Waals surface area contributed by atoms with Gasteiger partial charge in [-0.3, -0.25) is 14.9 Å². The molecule has 2 unspecified atom stereocenters. The van der Waals surface area contributed by atoms with Crippen molar-refractivity contribution in [3.63, 3.8) is 0 Å². The fraction of sp³-hybridized carbons (Fsp3) is 0.385. The number of nitrogens with zero attached hydrogens (tertiary/aromatic N) is 2. The van der Waals surface area contributed by atoms with Crippen molar-refractivity contribution >= 4 is 17.6 Å². The lowest BCUT2D eigenvalue weighted by molar-refractivity contribution is -0.515. The average molecular weight is 294 g/mol. The number of carbonyl (C=O) groups is 2. The molecule has 1 amide bonds. The van der Waals surface area contributed by atoms with Crippen molar-refractivity contribution in [3.8, 4) is 0 Å². The lowest BCUT2D eigenvalue weighted by atomic mass is 10.2. The van der Waals surface area contributed by atoms with E-state index in [9.17, 15) is 19.7 Å². The third-order valence-electron chi connectivity index (χ3n) is 3.34. The Morgan fingerprint density at radius 3 is 2.67 bits per heavy atom. The predicted molar refractivity (Wildman–Crippen MR) is 71.7 cm³/mol. The molecular formula is C13H14N2O6. The molecule has 112 valence electrons. The largest absolute Gasteiger partial charge is 0.465 e. The zero-order valence-corrected chi connectivity index (χ0v) is 11.5. The molecule has 0 aliphatic carbocycles. The van der Waals surface area contributed by atoms with Crippen molar-refractivity contribution in [1.29, 1.82) is 0 Å². The summed E-state index contributed by atoms with van der Waals surface area (Å²) in [5, 5.41) is 11.0. The van der Waals surface area contributed by atoms with E-state index >= 15 is 0 Å². The van der Waals surface area contributed by atoms with Gasteiger partial charge in [0.25, 0.3) is 0 Å². The molecule has 1 fully saturated rings. The monoisotopic (exact) mass is 294 g/mol. The Balaban J connectivity index is 2.32. The standard InChI is InChI=1S/C13H14N2O6/c1-20-10-7-14(12(16)11(10)15(18)19)9-5-3-4-8(6-9)13(17)21-2/h3-6,10-11H,7H2,1-2H3. The number of esters is 1. The highest BCUT2D eigenvalue weighted by atomic mass is 16.6. The molecule has 1 heterocycles. The van der Waals surface area contributed by atoms with Crippen LogP contribution in [0.1, 0.15) is 10.4 Å². The Hall–Kier alpha value is -2.48. The molecule has 1 aliphatic heterocycles. The highest BCUT2D eigenvalue weighted by Gasteiger charge is 2.50. The fourth-order valence-electron chi connectivity index (χ4n) is 2.27. The van der Waals surface area contributed by atoms with Crippen LogP contribution in [0.5, 0.6) is 0 Å². The van der Waals surface area contributed by atoms with Crippen LogP contribution in [-0.4, -0.2) is 49.7 Å². The molecule has 0 aromatic heterocycles. The zero-order valence-electron chi connectivity index (χ0n) is 11.5. The number of rotatable bonds is 4. The van der Waals surface area contributed by atoms with Crippen LogP contribution < -0.4 is 4.90 Å². The number of carbonyl (C=O) groups excluding carboxylic acids is 2. The maximum Gasteiger partial charge on any atom is 0.337 e. The van der Waals surface area contributed by atoms with E-state index < -0.39 is 28.9 Å². The molecule has 0 saturated carbocycles. The second-order valence-corrected chi connectivity index (χ2v) is 4.50. The second kappa shape index (κ2) is 5.88. The summed E-state index contributed by atoms with van der Waals surface area (Å²) in [5.74, 6) is -1.20. The number of ether oxygens (including phenoxy) is 2. The van der Waals surface area contributed by atoms with Crippen molar-refractivity contribution in [2.75, 3.05) is 25.7 Å². The van der Waals surface area contributed by atoms with Gasteiger partial charge in [0.2, 0.25) is 0 Å². The highest BCUT2D eigenvalue weighted by Crippen LogP contribution is 2.25. The van der Waals surface area contributed by atoms with Gasteiger partial charge in [-0.25, -0.2) is 4.79 Å². The Kier molecular flexibility index (Phi) is 4.18. The van der Waals surface area contributed by atoms with Gasteiger partial charge in [0.1, 0.15) is 0 Å². The highest BCUT2D eigenvalue weighted by molar-refractivity contribution is 6.00. The van der Waals surface area contributed by atoms with E-state index in [-0.39, 0.29) is 12.1 Å². The van der Waals surface area contributed by atoms with Gasteiger partial charge in [-0.15, -0.1) is 0 Å². The van der Waals surface area contributed by atoms with Crippen LogP contribution in [0.25, 0.3) is 0 Å². The summed E-state index contributed by atoms with van der Waals surface area (Å²) in [7, 11) is 2.57. The van der Waals surface area contributed by atoms with Gasteiger partial charge in [-0.2, -0.15) is 0 Å². The average Bonchev–Trinajstić information content (AvgIpc) is 2.83. The molecule has 21 heavy (non-hydrogen) atoms. The SMILES string of the molecule is COC(=O)c1cccc(N2CC(OC)C([N+](=O)[O-])C2=O)c1. The Labute approximate surface area is 120 Å². The van der Waals surface area contributed by atoms with E-state index in [1.807, 2.05) is 0 Å². The number of hydrogen-bond acceptors (Lipinski definition) is 6. The third kappa shape index (κ3) is 2.70. The third-order valence-corrected chi connectivity index (χ3v) is 3.34. The van der Waals surface area contributed by atoms with Crippen LogP contribution in [-0.2, 0) is 14.3 Å². The number of nitro groups is 1. The summed E-state index contributed by atoms with van der Waals surface area (Å²) in [6, 6.07) is 4.74. The molecule has 0 bridgehead atoms. The first-order valence-electron chi connectivity index (χ1n) is 6.15. The molecule has 8 heteroatoms. The molecular weight excluding hydrogens is 280 g/mol. The van der Waals surface area contributed by atoms with Gasteiger partial charge < -0.3 is 14.4 Å². The van der Waals surface area contributed by atoms with Gasteiger partial charge in [-0.1, -0.05) is 6.07 Å². The summed E-state index contributed by atoms with van der Waals surface area (Å²) >= 11 is 0. The van der Waals surface area contributed by atoms with E-state index in [1.54, 1.807) is 12.1 Å². The molecule has 0 N–H and O–H groups in total. The summed E-state index contributed by atoms with van der Waals surface area (Å²) in [4.78, 5) is 35.2. The number of methoxy groups -OCH3 is 2. The van der Waals surface area contributed by atoms with Gasteiger partial charge in [0, 0.05) is 17.7 Å². The molecule has 1 aliphatic rings. The van der Waals surface area contributed by atoms with Crippen LogP contribution in [0.15, 0.2) is 24.3 Å². The topological polar surface area (TPSA) is 99.0 Å². The zero-order chi connectivity index (χ0) is 15.6. The number of amides is 1. The molecule has 0 spiro atoms. The smallest absolute Gasteiger partial charge is 0.337 e. The second-order valence-electron chi connectivity index (χ2n) is 4.50. The number of anilines is 1. The molecule has 0 radical (unpaired) electrons. The van der Waals surface area contributed by atoms with Crippen LogP contribution >= 0.6 is 0 Å². The minimum atomic E-state index is -1.43. The first kappa shape index (κ1) is 14.9. The number of hydrogen-bond donors (Lipinski definition) is 0. The van der Waals surface area contributed by atoms with Gasteiger partial charge in [0.05, 0.1) is 19.2 Å². The van der Waals surface area contributed by atoms with E-state index in [2.05, 4.69) is 4.74 Å². The van der Waals surface area contributed by atoms with Crippen molar-refractivity contribution in [3.05, 3.63) is 39.9 Å². The van der Waals surface area contributed by atoms with Gasteiger partial charge in [0.15, 0.2) is 6.10 Å². The van der Waals surface area contributed by atoms with Crippen molar-refractivity contribution < 1.29 is 24.0 Å². The van der Waals surface area contributed by atoms with Crippen LogP contribution in [0.2, 0.25) is 0 Å². The normalized spacial score (nSPS) is 21.4. The van der Waals surface area contributed by atoms with Gasteiger partial charge in [-0.05, 0) is 18.2 Å². The van der Waals surface area contributed by atoms with Crippen molar-refractivity contribution in [2.24, 2.45) is 0 Å². The fourth-order valence-corrected chi connectivity index (χ4v) is 2.27. The molecule has 1 aromatic carbocycles. The summed E-state index contributed by atoms with van der Waals surface area (Å²) in [6.45, 7) is 0.0611. The van der Waals surface area contributed by atoms with Crippen molar-refractivity contribution in [2.45, 2.75) is 12.1 Å². The minimum absolute atomic E-state index is 0.0611. The van der Waals surface area contributed by atoms with Crippen LogP contribution in [0.3, 0.4) is 0 Å².